The first-order valence-corrected chi connectivity index (χ1v) is 7.82. The molecule has 0 bridgehead atoms. The van der Waals surface area contributed by atoms with E-state index in [0.29, 0.717) is 18.0 Å². The largest absolute Gasteiger partial charge is 0.496 e. The molecule has 0 radical (unpaired) electrons. The molecule has 3 N–H and O–H groups in total. The summed E-state index contributed by atoms with van der Waals surface area (Å²) >= 11 is 0. The van der Waals surface area contributed by atoms with Crippen LogP contribution < -0.4 is 15.8 Å². The molecule has 0 heterocycles. The summed E-state index contributed by atoms with van der Waals surface area (Å²) in [6.07, 6.45) is 6.20. The smallest absolute Gasteiger partial charge is 0.122 e. The lowest BCUT2D eigenvalue weighted by molar-refractivity contribution is 0.250. The lowest BCUT2D eigenvalue weighted by Crippen LogP contribution is -2.46. The van der Waals surface area contributed by atoms with Crippen molar-refractivity contribution < 1.29 is 4.74 Å². The zero-order valence-corrected chi connectivity index (χ0v) is 12.8. The van der Waals surface area contributed by atoms with Gasteiger partial charge in [-0.2, -0.15) is 0 Å². The fourth-order valence-corrected chi connectivity index (χ4v) is 3.34. The second-order valence-corrected chi connectivity index (χ2v) is 5.97. The van der Waals surface area contributed by atoms with Crippen molar-refractivity contribution in [3.05, 3.63) is 29.8 Å². The fourth-order valence-electron chi connectivity index (χ4n) is 3.34. The van der Waals surface area contributed by atoms with Gasteiger partial charge in [0.05, 0.1) is 7.11 Å². The van der Waals surface area contributed by atoms with Crippen LogP contribution in [-0.4, -0.2) is 25.7 Å². The number of methoxy groups -OCH3 is 1. The van der Waals surface area contributed by atoms with Crippen molar-refractivity contribution in [1.82, 2.24) is 5.32 Å². The zero-order valence-electron chi connectivity index (χ0n) is 12.8. The highest BCUT2D eigenvalue weighted by Gasteiger charge is 2.25. The molecule has 20 heavy (non-hydrogen) atoms. The van der Waals surface area contributed by atoms with Gasteiger partial charge >= 0.3 is 0 Å². The van der Waals surface area contributed by atoms with Crippen LogP contribution in [0.5, 0.6) is 5.75 Å². The molecule has 0 aliphatic heterocycles. The summed E-state index contributed by atoms with van der Waals surface area (Å²) in [4.78, 5) is 0. The molecular weight excluding hydrogens is 248 g/mol. The summed E-state index contributed by atoms with van der Waals surface area (Å²) in [6.45, 7) is 3.06. The molecule has 3 nitrogen and oxygen atoms in total. The third-order valence-corrected chi connectivity index (χ3v) is 4.43. The van der Waals surface area contributed by atoms with E-state index in [9.17, 15) is 0 Å². The minimum atomic E-state index is 0.448. The van der Waals surface area contributed by atoms with Gasteiger partial charge in [0.2, 0.25) is 0 Å². The minimum Gasteiger partial charge on any atom is -0.496 e. The van der Waals surface area contributed by atoms with Gasteiger partial charge < -0.3 is 15.8 Å². The predicted octanol–water partition coefficient (Wildman–Crippen LogP) is 2.73. The lowest BCUT2D eigenvalue weighted by atomic mass is 9.84. The van der Waals surface area contributed by atoms with E-state index in [1.807, 2.05) is 12.1 Å². The third kappa shape index (κ3) is 3.97. The molecule has 0 saturated heterocycles. The molecule has 0 spiro atoms. The minimum absolute atomic E-state index is 0.448. The van der Waals surface area contributed by atoms with Gasteiger partial charge in [0.15, 0.2) is 0 Å². The predicted molar refractivity (Wildman–Crippen MR) is 84.1 cm³/mol. The van der Waals surface area contributed by atoms with Gasteiger partial charge in [0.25, 0.3) is 0 Å². The Kier molecular flexibility index (Phi) is 5.86. The highest BCUT2D eigenvalue weighted by Crippen LogP contribution is 2.25. The van der Waals surface area contributed by atoms with E-state index < -0.39 is 0 Å². The molecule has 0 aromatic heterocycles. The summed E-state index contributed by atoms with van der Waals surface area (Å²) in [6, 6.07) is 9.31. The molecule has 1 aromatic carbocycles. The van der Waals surface area contributed by atoms with E-state index in [2.05, 4.69) is 24.4 Å². The van der Waals surface area contributed by atoms with Gasteiger partial charge in [-0.25, -0.2) is 0 Å². The van der Waals surface area contributed by atoms with Crippen LogP contribution in [0.15, 0.2) is 24.3 Å². The topological polar surface area (TPSA) is 47.3 Å². The van der Waals surface area contributed by atoms with E-state index in [1.165, 1.54) is 31.2 Å². The molecule has 3 atom stereocenters. The van der Waals surface area contributed by atoms with Crippen molar-refractivity contribution in [3.63, 3.8) is 0 Å². The van der Waals surface area contributed by atoms with Crippen molar-refractivity contribution in [2.24, 2.45) is 11.7 Å². The maximum absolute atomic E-state index is 5.91. The van der Waals surface area contributed by atoms with Gasteiger partial charge in [-0.3, -0.25) is 0 Å². The molecule has 1 aliphatic rings. The molecule has 1 fully saturated rings. The van der Waals surface area contributed by atoms with Crippen LogP contribution in [0.4, 0.5) is 0 Å². The SMILES string of the molecule is COc1ccccc1CC(C)NC1CCCCC1CN. The molecule has 112 valence electrons. The normalized spacial score (nSPS) is 24.4. The summed E-state index contributed by atoms with van der Waals surface area (Å²) < 4.78 is 5.43. The Bertz CT molecular complexity index is 408. The Morgan fingerprint density at radius 2 is 2.05 bits per heavy atom. The molecule has 3 heteroatoms. The van der Waals surface area contributed by atoms with E-state index in [-0.39, 0.29) is 0 Å². The summed E-state index contributed by atoms with van der Waals surface area (Å²) in [5, 5.41) is 3.78. The summed E-state index contributed by atoms with van der Waals surface area (Å²) in [5.74, 6) is 1.63. The first-order chi connectivity index (χ1) is 9.74. The van der Waals surface area contributed by atoms with Crippen molar-refractivity contribution in [3.8, 4) is 5.75 Å². The van der Waals surface area contributed by atoms with E-state index in [0.717, 1.165) is 18.7 Å². The van der Waals surface area contributed by atoms with E-state index in [4.69, 9.17) is 10.5 Å². The average molecular weight is 276 g/mol. The van der Waals surface area contributed by atoms with Crippen LogP contribution in [0.1, 0.15) is 38.2 Å². The Morgan fingerprint density at radius 1 is 1.30 bits per heavy atom. The lowest BCUT2D eigenvalue weighted by Gasteiger charge is -2.34. The van der Waals surface area contributed by atoms with Crippen LogP contribution in [-0.2, 0) is 6.42 Å². The Hall–Kier alpha value is -1.06. The molecule has 1 aliphatic carbocycles. The number of benzene rings is 1. The van der Waals surface area contributed by atoms with Crippen molar-refractivity contribution in [2.75, 3.05) is 13.7 Å². The van der Waals surface area contributed by atoms with Crippen molar-refractivity contribution in [2.45, 2.75) is 51.1 Å². The highest BCUT2D eigenvalue weighted by molar-refractivity contribution is 5.33. The highest BCUT2D eigenvalue weighted by atomic mass is 16.5. The van der Waals surface area contributed by atoms with Crippen molar-refractivity contribution in [1.29, 1.82) is 0 Å². The van der Waals surface area contributed by atoms with Crippen LogP contribution in [0.2, 0.25) is 0 Å². The number of ether oxygens (including phenoxy) is 1. The van der Waals surface area contributed by atoms with E-state index in [1.54, 1.807) is 7.11 Å². The maximum Gasteiger partial charge on any atom is 0.122 e. The maximum atomic E-state index is 5.91. The Labute approximate surface area is 122 Å². The molecule has 3 unspecified atom stereocenters. The Morgan fingerprint density at radius 3 is 2.80 bits per heavy atom. The first kappa shape index (κ1) is 15.3. The third-order valence-electron chi connectivity index (χ3n) is 4.43. The zero-order chi connectivity index (χ0) is 14.4. The van der Waals surface area contributed by atoms with Gasteiger partial charge in [-0.1, -0.05) is 31.0 Å². The van der Waals surface area contributed by atoms with Gasteiger partial charge in [0, 0.05) is 12.1 Å². The number of para-hydroxylation sites is 1. The number of hydrogen-bond acceptors (Lipinski definition) is 3. The van der Waals surface area contributed by atoms with Crippen LogP contribution >= 0.6 is 0 Å². The van der Waals surface area contributed by atoms with Crippen LogP contribution in [0.3, 0.4) is 0 Å². The molecule has 1 saturated carbocycles. The number of hydrogen-bond donors (Lipinski definition) is 2. The quantitative estimate of drug-likeness (QED) is 0.840. The number of rotatable bonds is 6. The standard InChI is InChI=1S/C17H28N2O/c1-13(11-14-7-4-6-10-17(14)20-2)19-16-9-5-3-8-15(16)12-18/h4,6-7,10,13,15-16,19H,3,5,8-9,11-12,18H2,1-2H3. The number of nitrogens with two attached hydrogens (primary N) is 1. The average Bonchev–Trinajstić information content (AvgIpc) is 2.48. The van der Waals surface area contributed by atoms with Crippen LogP contribution in [0.25, 0.3) is 0 Å². The second kappa shape index (κ2) is 7.65. The fraction of sp³-hybridized carbons (Fsp3) is 0.647. The van der Waals surface area contributed by atoms with E-state index >= 15 is 0 Å². The number of nitrogens with one attached hydrogen (secondary N) is 1. The monoisotopic (exact) mass is 276 g/mol. The van der Waals surface area contributed by atoms with Gasteiger partial charge in [0.1, 0.15) is 5.75 Å². The molecule has 1 aromatic rings. The molecular formula is C17H28N2O. The first-order valence-electron chi connectivity index (χ1n) is 7.82. The second-order valence-electron chi connectivity index (χ2n) is 5.97. The molecule has 2 rings (SSSR count). The molecule has 0 amide bonds. The Balaban J connectivity index is 1.92. The van der Waals surface area contributed by atoms with Crippen LogP contribution in [0, 0.1) is 5.92 Å². The van der Waals surface area contributed by atoms with Crippen molar-refractivity contribution >= 4 is 0 Å². The summed E-state index contributed by atoms with van der Waals surface area (Å²) in [7, 11) is 1.74. The summed E-state index contributed by atoms with van der Waals surface area (Å²) in [5.41, 5.74) is 7.18. The van der Waals surface area contributed by atoms with Gasteiger partial charge in [-0.05, 0) is 50.3 Å². The van der Waals surface area contributed by atoms with Gasteiger partial charge in [-0.15, -0.1) is 0 Å².